The number of aryl methyl sites for hydroxylation is 1. The maximum Gasteiger partial charge on any atom is 0.228 e. The summed E-state index contributed by atoms with van der Waals surface area (Å²) in [6.07, 6.45) is 2.41. The molecule has 1 aliphatic heterocycles. The van der Waals surface area contributed by atoms with Gasteiger partial charge in [0.15, 0.2) is 5.58 Å². The molecule has 4 heteroatoms. The Hall–Kier alpha value is -1.84. The van der Waals surface area contributed by atoms with Crippen LogP contribution in [0, 0.1) is 0 Å². The molecule has 0 saturated carbocycles. The molecule has 2 heterocycles. The van der Waals surface area contributed by atoms with Gasteiger partial charge < -0.3 is 9.84 Å². The highest BCUT2D eigenvalue weighted by atomic mass is 16.5. The molecule has 0 aliphatic carbocycles. The topological polar surface area (TPSA) is 55.1 Å². The number of hydrogen-bond acceptors (Lipinski definition) is 3. The molecule has 0 atom stereocenters. The summed E-state index contributed by atoms with van der Waals surface area (Å²) in [6.45, 7) is 2.11. The predicted octanol–water partition coefficient (Wildman–Crippen LogP) is 2.27. The first-order valence-corrected chi connectivity index (χ1v) is 5.49. The van der Waals surface area contributed by atoms with Gasteiger partial charge in [-0.15, -0.1) is 0 Å². The SMILES string of the molecule is CCCc1noc2cc3c(cc12)CC(=O)N3. The second-order valence-corrected chi connectivity index (χ2v) is 4.11. The molecule has 1 amide bonds. The van der Waals surface area contributed by atoms with E-state index in [-0.39, 0.29) is 5.91 Å². The van der Waals surface area contributed by atoms with Gasteiger partial charge in [-0.05, 0) is 18.1 Å². The predicted molar refractivity (Wildman–Crippen MR) is 60.3 cm³/mol. The first-order chi connectivity index (χ1) is 7.78. The first-order valence-electron chi connectivity index (χ1n) is 5.49. The summed E-state index contributed by atoms with van der Waals surface area (Å²) in [6, 6.07) is 3.88. The lowest BCUT2D eigenvalue weighted by atomic mass is 10.1. The number of hydrogen-bond donors (Lipinski definition) is 1. The minimum absolute atomic E-state index is 0.0488. The highest BCUT2D eigenvalue weighted by molar-refractivity contribution is 6.02. The van der Waals surface area contributed by atoms with Gasteiger partial charge in [0.25, 0.3) is 0 Å². The lowest BCUT2D eigenvalue weighted by molar-refractivity contribution is -0.115. The molecule has 0 saturated heterocycles. The number of anilines is 1. The van der Waals surface area contributed by atoms with Crippen molar-refractivity contribution in [2.75, 3.05) is 5.32 Å². The molecule has 1 aliphatic rings. The van der Waals surface area contributed by atoms with Crippen molar-refractivity contribution < 1.29 is 9.32 Å². The summed E-state index contributed by atoms with van der Waals surface area (Å²) in [5.41, 5.74) is 3.64. The van der Waals surface area contributed by atoms with Crippen LogP contribution in [0.2, 0.25) is 0 Å². The third-order valence-electron chi connectivity index (χ3n) is 2.88. The third-order valence-corrected chi connectivity index (χ3v) is 2.88. The molecule has 0 unspecified atom stereocenters. The Morgan fingerprint density at radius 2 is 2.38 bits per heavy atom. The Bertz CT molecular complexity index is 572. The van der Waals surface area contributed by atoms with Crippen LogP contribution in [0.4, 0.5) is 5.69 Å². The molecule has 1 aromatic heterocycles. The largest absolute Gasteiger partial charge is 0.356 e. The van der Waals surface area contributed by atoms with Crippen molar-refractivity contribution in [3.8, 4) is 0 Å². The number of rotatable bonds is 2. The van der Waals surface area contributed by atoms with Gasteiger partial charge in [-0.1, -0.05) is 18.5 Å². The molecule has 82 valence electrons. The standard InChI is InChI=1S/C12H12N2O2/c1-2-3-9-8-4-7-5-12(15)13-10(7)6-11(8)16-14-9/h4,6H,2-3,5H2,1H3,(H,13,15). The minimum atomic E-state index is 0.0488. The average Bonchev–Trinajstić information content (AvgIpc) is 2.78. The quantitative estimate of drug-likeness (QED) is 0.837. The van der Waals surface area contributed by atoms with Crippen LogP contribution in [-0.2, 0) is 17.6 Å². The van der Waals surface area contributed by atoms with E-state index in [2.05, 4.69) is 17.4 Å². The van der Waals surface area contributed by atoms with E-state index in [1.165, 1.54) is 0 Å². The fraction of sp³-hybridized carbons (Fsp3) is 0.333. The van der Waals surface area contributed by atoms with Crippen LogP contribution in [0.25, 0.3) is 11.0 Å². The smallest absolute Gasteiger partial charge is 0.228 e. The summed E-state index contributed by atoms with van der Waals surface area (Å²) in [7, 11) is 0. The highest BCUT2D eigenvalue weighted by Gasteiger charge is 2.20. The van der Waals surface area contributed by atoms with Gasteiger partial charge in [-0.25, -0.2) is 0 Å². The Labute approximate surface area is 92.6 Å². The number of nitrogens with one attached hydrogen (secondary N) is 1. The van der Waals surface area contributed by atoms with Gasteiger partial charge in [-0.3, -0.25) is 4.79 Å². The van der Waals surface area contributed by atoms with Crippen molar-refractivity contribution in [1.29, 1.82) is 0 Å². The molecule has 0 radical (unpaired) electrons. The van der Waals surface area contributed by atoms with E-state index in [9.17, 15) is 4.79 Å². The number of aromatic nitrogens is 1. The Kier molecular flexibility index (Phi) is 1.96. The van der Waals surface area contributed by atoms with Crippen LogP contribution in [0.5, 0.6) is 0 Å². The first kappa shape index (κ1) is 9.39. The van der Waals surface area contributed by atoms with E-state index in [0.717, 1.165) is 40.8 Å². The highest BCUT2D eigenvalue weighted by Crippen LogP contribution is 2.30. The summed E-state index contributed by atoms with van der Waals surface area (Å²) in [4.78, 5) is 11.3. The molecule has 2 aromatic rings. The normalized spacial score (nSPS) is 14.2. The van der Waals surface area contributed by atoms with Crippen LogP contribution < -0.4 is 5.32 Å². The van der Waals surface area contributed by atoms with Gasteiger partial charge in [0.2, 0.25) is 5.91 Å². The molecule has 0 fully saturated rings. The van der Waals surface area contributed by atoms with Gasteiger partial charge in [0.05, 0.1) is 12.1 Å². The number of carbonyl (C=O) groups is 1. The van der Waals surface area contributed by atoms with E-state index in [1.54, 1.807) is 0 Å². The molecule has 0 bridgehead atoms. The number of carbonyl (C=O) groups excluding carboxylic acids is 1. The van der Waals surface area contributed by atoms with Gasteiger partial charge >= 0.3 is 0 Å². The number of amides is 1. The molecule has 16 heavy (non-hydrogen) atoms. The summed E-state index contributed by atoms with van der Waals surface area (Å²) in [5.74, 6) is 0.0488. The molecule has 0 spiro atoms. The minimum Gasteiger partial charge on any atom is -0.356 e. The van der Waals surface area contributed by atoms with Gasteiger partial charge in [0.1, 0.15) is 0 Å². The van der Waals surface area contributed by atoms with Crippen LogP contribution in [0.3, 0.4) is 0 Å². The van der Waals surface area contributed by atoms with Crippen molar-refractivity contribution in [2.45, 2.75) is 26.2 Å². The molecular weight excluding hydrogens is 204 g/mol. The van der Waals surface area contributed by atoms with E-state index >= 15 is 0 Å². The second kappa shape index (κ2) is 3.33. The van der Waals surface area contributed by atoms with Gasteiger partial charge in [-0.2, -0.15) is 0 Å². The van der Waals surface area contributed by atoms with Gasteiger partial charge in [0, 0.05) is 17.1 Å². The average molecular weight is 216 g/mol. The maximum absolute atomic E-state index is 11.3. The summed E-state index contributed by atoms with van der Waals surface area (Å²) >= 11 is 0. The lowest BCUT2D eigenvalue weighted by Gasteiger charge is -1.97. The van der Waals surface area contributed by atoms with Crippen molar-refractivity contribution in [2.24, 2.45) is 0 Å². The van der Waals surface area contributed by atoms with E-state index in [4.69, 9.17) is 4.52 Å². The van der Waals surface area contributed by atoms with Crippen LogP contribution >= 0.6 is 0 Å². The Morgan fingerprint density at radius 1 is 1.50 bits per heavy atom. The number of nitrogens with zero attached hydrogens (tertiary/aromatic N) is 1. The van der Waals surface area contributed by atoms with Crippen molar-refractivity contribution in [3.63, 3.8) is 0 Å². The molecule has 4 nitrogen and oxygen atoms in total. The summed E-state index contributed by atoms with van der Waals surface area (Å²) < 4.78 is 5.26. The zero-order valence-electron chi connectivity index (χ0n) is 9.04. The second-order valence-electron chi connectivity index (χ2n) is 4.11. The van der Waals surface area contributed by atoms with E-state index < -0.39 is 0 Å². The van der Waals surface area contributed by atoms with Crippen LogP contribution in [0.1, 0.15) is 24.6 Å². The zero-order valence-corrected chi connectivity index (χ0v) is 9.04. The fourth-order valence-corrected chi connectivity index (χ4v) is 2.13. The monoisotopic (exact) mass is 216 g/mol. The number of benzene rings is 1. The van der Waals surface area contributed by atoms with E-state index in [1.807, 2.05) is 12.1 Å². The maximum atomic E-state index is 11.3. The third kappa shape index (κ3) is 1.30. The van der Waals surface area contributed by atoms with Crippen LogP contribution in [0.15, 0.2) is 16.7 Å². The lowest BCUT2D eigenvalue weighted by Crippen LogP contribution is -2.03. The Balaban J connectivity index is 2.16. The molecule has 3 rings (SSSR count). The molecule has 1 N–H and O–H groups in total. The van der Waals surface area contributed by atoms with Crippen molar-refractivity contribution in [1.82, 2.24) is 5.16 Å². The zero-order chi connectivity index (χ0) is 11.1. The van der Waals surface area contributed by atoms with Crippen molar-refractivity contribution >= 4 is 22.6 Å². The van der Waals surface area contributed by atoms with E-state index in [0.29, 0.717) is 6.42 Å². The van der Waals surface area contributed by atoms with Crippen LogP contribution in [-0.4, -0.2) is 11.1 Å². The fourth-order valence-electron chi connectivity index (χ4n) is 2.13. The molecular formula is C12H12N2O2. The summed E-state index contributed by atoms with van der Waals surface area (Å²) in [5, 5.41) is 7.90. The number of fused-ring (bicyclic) bond motifs is 2. The molecule has 1 aromatic carbocycles. The Morgan fingerprint density at radius 3 is 3.19 bits per heavy atom. The van der Waals surface area contributed by atoms with Crippen molar-refractivity contribution in [3.05, 3.63) is 23.4 Å².